The van der Waals surface area contributed by atoms with Crippen molar-refractivity contribution in [3.8, 4) is 0 Å². The van der Waals surface area contributed by atoms with Crippen LogP contribution in [0.25, 0.3) is 10.9 Å². The number of fused-ring (bicyclic) bond motifs is 1. The molecule has 0 bridgehead atoms. The number of pyridine rings is 1. The Morgan fingerprint density at radius 1 is 0.903 bits per heavy atom. The predicted molar refractivity (Wildman–Crippen MR) is 115 cm³/mol. The van der Waals surface area contributed by atoms with Gasteiger partial charge in [-0.25, -0.2) is 9.18 Å². The van der Waals surface area contributed by atoms with Gasteiger partial charge in [0.15, 0.2) is 5.78 Å². The molecule has 0 amide bonds. The molecule has 3 aromatic carbocycles. The fourth-order valence-electron chi connectivity index (χ4n) is 3.61. The van der Waals surface area contributed by atoms with E-state index in [0.29, 0.717) is 5.52 Å². The van der Waals surface area contributed by atoms with E-state index in [9.17, 15) is 18.8 Å². The lowest BCUT2D eigenvalue weighted by atomic mass is 9.94. The van der Waals surface area contributed by atoms with Crippen molar-refractivity contribution in [2.45, 2.75) is 6.54 Å². The van der Waals surface area contributed by atoms with Gasteiger partial charge in [0, 0.05) is 10.9 Å². The van der Waals surface area contributed by atoms with E-state index in [1.54, 1.807) is 30.3 Å². The maximum absolute atomic E-state index is 14.2. The van der Waals surface area contributed by atoms with Gasteiger partial charge in [-0.3, -0.25) is 9.59 Å². The summed E-state index contributed by atoms with van der Waals surface area (Å²) in [5.41, 5.74) is 0.190. The second kappa shape index (κ2) is 8.36. The first kappa shape index (κ1) is 20.2. The van der Waals surface area contributed by atoms with Gasteiger partial charge in [0.2, 0.25) is 0 Å². The molecule has 0 atom stereocenters. The lowest BCUT2D eigenvalue weighted by Crippen LogP contribution is -2.31. The van der Waals surface area contributed by atoms with Crippen LogP contribution in [0.5, 0.6) is 0 Å². The van der Waals surface area contributed by atoms with Crippen molar-refractivity contribution in [1.82, 2.24) is 4.57 Å². The highest BCUT2D eigenvalue weighted by atomic mass is 19.1. The Morgan fingerprint density at radius 2 is 1.55 bits per heavy atom. The summed E-state index contributed by atoms with van der Waals surface area (Å²) in [7, 11) is 1.13. The molecule has 31 heavy (non-hydrogen) atoms. The molecule has 0 saturated heterocycles. The van der Waals surface area contributed by atoms with Crippen LogP contribution in [0.1, 0.15) is 31.8 Å². The third-order valence-electron chi connectivity index (χ3n) is 5.06. The van der Waals surface area contributed by atoms with Crippen molar-refractivity contribution in [3.05, 3.63) is 117 Å². The number of aromatic nitrogens is 1. The molecule has 0 unspecified atom stereocenters. The van der Waals surface area contributed by atoms with Gasteiger partial charge in [-0.2, -0.15) is 0 Å². The molecule has 0 saturated carbocycles. The topological polar surface area (TPSA) is 65.4 Å². The van der Waals surface area contributed by atoms with Crippen LogP contribution >= 0.6 is 0 Å². The molecule has 0 radical (unpaired) electrons. The zero-order chi connectivity index (χ0) is 22.0. The molecule has 0 spiro atoms. The molecule has 0 aliphatic rings. The van der Waals surface area contributed by atoms with Gasteiger partial charge in [0.1, 0.15) is 11.4 Å². The number of ether oxygens (including phenoxy) is 1. The zero-order valence-corrected chi connectivity index (χ0v) is 16.7. The van der Waals surface area contributed by atoms with Crippen molar-refractivity contribution in [2.24, 2.45) is 0 Å². The first-order chi connectivity index (χ1) is 15.0. The minimum absolute atomic E-state index is 0.144. The normalized spacial score (nSPS) is 10.8. The van der Waals surface area contributed by atoms with Crippen molar-refractivity contribution in [2.75, 3.05) is 7.11 Å². The minimum atomic E-state index is -0.947. The second-order valence-electron chi connectivity index (χ2n) is 6.98. The Labute approximate surface area is 177 Å². The highest BCUT2D eigenvalue weighted by molar-refractivity contribution is 6.20. The number of halogens is 1. The number of nitrogens with zero attached hydrogens (tertiary/aromatic N) is 1. The number of rotatable bonds is 5. The molecule has 0 aliphatic carbocycles. The van der Waals surface area contributed by atoms with E-state index in [0.717, 1.165) is 12.7 Å². The van der Waals surface area contributed by atoms with Crippen LogP contribution < -0.4 is 5.56 Å². The van der Waals surface area contributed by atoms with Gasteiger partial charge in [-0.05, 0) is 23.8 Å². The highest BCUT2D eigenvalue weighted by Gasteiger charge is 2.28. The fraction of sp³-hybridized carbons (Fsp3) is 0.0800. The molecule has 1 aromatic heterocycles. The Hall–Kier alpha value is -4.06. The van der Waals surface area contributed by atoms with Crippen LogP contribution in [0, 0.1) is 5.82 Å². The van der Waals surface area contributed by atoms with Gasteiger partial charge >= 0.3 is 5.97 Å². The van der Waals surface area contributed by atoms with E-state index in [2.05, 4.69) is 0 Å². The number of ketones is 1. The summed E-state index contributed by atoms with van der Waals surface area (Å²) >= 11 is 0. The maximum atomic E-state index is 14.2. The maximum Gasteiger partial charge on any atom is 0.344 e. The van der Waals surface area contributed by atoms with E-state index in [-0.39, 0.29) is 23.1 Å². The summed E-state index contributed by atoms with van der Waals surface area (Å²) in [6.07, 6.45) is 0. The number of carbonyl (C=O) groups excluding carboxylic acids is 2. The van der Waals surface area contributed by atoms with Crippen LogP contribution in [-0.2, 0) is 11.3 Å². The number of hydrogen-bond donors (Lipinski definition) is 0. The van der Waals surface area contributed by atoms with E-state index >= 15 is 0 Å². The van der Waals surface area contributed by atoms with E-state index in [4.69, 9.17) is 4.74 Å². The molecule has 0 N–H and O–H groups in total. The quantitative estimate of drug-likeness (QED) is 0.362. The summed E-state index contributed by atoms with van der Waals surface area (Å²) in [6.45, 7) is 0.144. The van der Waals surface area contributed by atoms with Gasteiger partial charge in [-0.1, -0.05) is 60.7 Å². The largest absolute Gasteiger partial charge is 0.465 e. The number of hydrogen-bond acceptors (Lipinski definition) is 4. The molecule has 154 valence electrons. The first-order valence-electron chi connectivity index (χ1n) is 9.59. The third kappa shape index (κ3) is 3.75. The first-order valence-corrected chi connectivity index (χ1v) is 9.59. The Morgan fingerprint density at radius 3 is 2.19 bits per heavy atom. The van der Waals surface area contributed by atoms with Gasteiger partial charge in [0.05, 0.1) is 24.7 Å². The van der Waals surface area contributed by atoms with Gasteiger partial charge in [0.25, 0.3) is 5.56 Å². The number of carbonyl (C=O) groups is 2. The van der Waals surface area contributed by atoms with Gasteiger partial charge in [-0.15, -0.1) is 0 Å². The molecular weight excluding hydrogens is 397 g/mol. The molecule has 5 nitrogen and oxygen atoms in total. The molecule has 0 fully saturated rings. The fourth-order valence-corrected chi connectivity index (χ4v) is 3.61. The number of benzene rings is 3. The van der Waals surface area contributed by atoms with Crippen LogP contribution in [-0.4, -0.2) is 23.4 Å². The van der Waals surface area contributed by atoms with E-state index < -0.39 is 28.7 Å². The van der Waals surface area contributed by atoms with Crippen LogP contribution in [0.15, 0.2) is 83.7 Å². The lowest BCUT2D eigenvalue weighted by molar-refractivity contribution is 0.0595. The molecule has 4 rings (SSSR count). The van der Waals surface area contributed by atoms with E-state index in [1.807, 2.05) is 30.3 Å². The summed E-state index contributed by atoms with van der Waals surface area (Å²) in [6, 6.07) is 21.2. The number of methoxy groups -OCH3 is 1. The Bertz CT molecular complexity index is 1350. The molecule has 4 aromatic rings. The zero-order valence-electron chi connectivity index (χ0n) is 16.7. The predicted octanol–water partition coefficient (Wildman–Crippen LogP) is 4.21. The van der Waals surface area contributed by atoms with Crippen molar-refractivity contribution >= 4 is 22.7 Å². The van der Waals surface area contributed by atoms with Crippen molar-refractivity contribution in [1.29, 1.82) is 0 Å². The molecular formula is C25H18FNO4. The molecule has 1 heterocycles. The number of esters is 1. The Balaban J connectivity index is 2.08. The smallest absolute Gasteiger partial charge is 0.344 e. The summed E-state index contributed by atoms with van der Waals surface area (Å²) in [5.74, 6) is -2.09. The SMILES string of the molecule is COC(=O)c1c(C(=O)c2ccccc2)c2cc(F)ccc2n(Cc2ccccc2)c1=O. The standard InChI is InChI=1S/C25H18FNO4/c1-31-25(30)22-21(23(28)17-10-6-3-7-11-17)19-14-18(26)12-13-20(19)27(24(22)29)15-16-8-4-2-5-9-16/h2-14H,15H2,1H3. The summed E-state index contributed by atoms with van der Waals surface area (Å²) in [4.78, 5) is 39.4. The Kier molecular flexibility index (Phi) is 5.45. The van der Waals surface area contributed by atoms with E-state index in [1.165, 1.54) is 22.8 Å². The minimum Gasteiger partial charge on any atom is -0.465 e. The molecule has 6 heteroatoms. The average Bonchev–Trinajstić information content (AvgIpc) is 2.80. The second-order valence-corrected chi connectivity index (χ2v) is 6.98. The van der Waals surface area contributed by atoms with Crippen molar-refractivity contribution in [3.63, 3.8) is 0 Å². The van der Waals surface area contributed by atoms with Crippen LogP contribution in [0.2, 0.25) is 0 Å². The van der Waals surface area contributed by atoms with Crippen molar-refractivity contribution < 1.29 is 18.7 Å². The average molecular weight is 415 g/mol. The lowest BCUT2D eigenvalue weighted by Gasteiger charge is -2.17. The third-order valence-corrected chi connectivity index (χ3v) is 5.06. The van der Waals surface area contributed by atoms with Gasteiger partial charge < -0.3 is 9.30 Å². The highest BCUT2D eigenvalue weighted by Crippen LogP contribution is 2.25. The monoisotopic (exact) mass is 415 g/mol. The summed E-state index contributed by atoms with van der Waals surface area (Å²) in [5, 5.41) is 0.171. The summed E-state index contributed by atoms with van der Waals surface area (Å²) < 4.78 is 20.4. The molecule has 0 aliphatic heterocycles. The van der Waals surface area contributed by atoms with Crippen LogP contribution in [0.3, 0.4) is 0 Å². The van der Waals surface area contributed by atoms with Crippen LogP contribution in [0.4, 0.5) is 4.39 Å².